The molecular weight excluding hydrogens is 869 g/mol. The van der Waals surface area contributed by atoms with Gasteiger partial charge in [0.15, 0.2) is 13.9 Å². The van der Waals surface area contributed by atoms with Crippen LogP contribution in [0.2, 0.25) is 0 Å². The maximum absolute atomic E-state index is 6.46. The lowest BCUT2D eigenvalue weighted by Crippen LogP contribution is -2.74. The lowest BCUT2D eigenvalue weighted by Gasteiger charge is -2.34. The molecule has 0 aliphatic heterocycles. The molecule has 5 nitrogen and oxygen atoms in total. The van der Waals surface area contributed by atoms with Crippen LogP contribution in [-0.4, -0.2) is 27.2 Å². The van der Waals surface area contributed by atoms with Gasteiger partial charge in [0.2, 0.25) is 0 Å². The maximum atomic E-state index is 6.46. The van der Waals surface area contributed by atoms with Crippen molar-refractivity contribution in [2.75, 3.05) is 0 Å². The van der Waals surface area contributed by atoms with Gasteiger partial charge in [-0.15, -0.1) is 0 Å². The first kappa shape index (κ1) is 40.0. The van der Waals surface area contributed by atoms with Crippen LogP contribution in [0.4, 0.5) is 0 Å². The van der Waals surface area contributed by atoms with Gasteiger partial charge in [0.25, 0.3) is 0 Å². The number of nitrogens with zero attached hydrogens (tertiary/aromatic N) is 4. The van der Waals surface area contributed by atoms with Crippen LogP contribution in [-0.2, 0) is 0 Å². The zero-order valence-corrected chi connectivity index (χ0v) is 38.9. The summed E-state index contributed by atoms with van der Waals surface area (Å²) in [5, 5.41) is 12.0. The minimum absolute atomic E-state index is 0.626. The minimum Gasteiger partial charge on any atom is -0.456 e. The van der Waals surface area contributed by atoms with E-state index >= 15 is 0 Å². The van der Waals surface area contributed by atoms with Gasteiger partial charge in [0, 0.05) is 55.2 Å². The molecule has 10 aromatic carbocycles. The van der Waals surface area contributed by atoms with Gasteiger partial charge in [-0.05, 0) is 69.3 Å². The fraction of sp³-hybridized carbons (Fsp3) is 0. The number of furan rings is 1. The topological polar surface area (TPSA) is 48.8 Å². The summed E-state index contributed by atoms with van der Waals surface area (Å²) < 4.78 is 11.2. The summed E-state index contributed by atoms with van der Waals surface area (Å²) in [4.78, 5) is 11.2. The van der Waals surface area contributed by atoms with E-state index in [0.29, 0.717) is 5.82 Å². The van der Waals surface area contributed by atoms with Crippen LogP contribution < -0.4 is 20.7 Å². The van der Waals surface area contributed by atoms with E-state index in [1.165, 1.54) is 42.6 Å². The molecule has 0 amide bonds. The van der Waals surface area contributed by atoms with E-state index in [2.05, 4.69) is 240 Å². The van der Waals surface area contributed by atoms with Gasteiger partial charge in [0.1, 0.15) is 17.0 Å². The molecule has 0 saturated heterocycles. The molecule has 4 heterocycles. The normalized spacial score (nSPS) is 12.0. The van der Waals surface area contributed by atoms with Crippen molar-refractivity contribution in [2.24, 2.45) is 0 Å². The van der Waals surface area contributed by atoms with E-state index in [-0.39, 0.29) is 0 Å². The molecular formula is C64H42N4OSi. The molecule has 0 saturated carbocycles. The molecule has 14 rings (SSSR count). The molecule has 6 heteroatoms. The highest BCUT2D eigenvalue weighted by molar-refractivity contribution is 7.19. The van der Waals surface area contributed by atoms with Crippen LogP contribution in [0.15, 0.2) is 259 Å². The molecule has 0 radical (unpaired) electrons. The Kier molecular flexibility index (Phi) is 9.15. The zero-order valence-electron chi connectivity index (χ0n) is 37.9. The highest BCUT2D eigenvalue weighted by atomic mass is 28.3. The van der Waals surface area contributed by atoms with Crippen LogP contribution >= 0.6 is 0 Å². The summed E-state index contributed by atoms with van der Waals surface area (Å²) in [5.41, 5.74) is 9.99. The van der Waals surface area contributed by atoms with Crippen molar-refractivity contribution in [1.82, 2.24) is 19.1 Å². The Morgan fingerprint density at radius 3 is 1.49 bits per heavy atom. The molecule has 70 heavy (non-hydrogen) atoms. The quantitative estimate of drug-likeness (QED) is 0.113. The molecule has 328 valence electrons. The second kappa shape index (κ2) is 16.0. The fourth-order valence-corrected chi connectivity index (χ4v) is 16.1. The average molecular weight is 911 g/mol. The second-order valence-corrected chi connectivity index (χ2v) is 21.9. The number of hydrogen-bond acceptors (Lipinski definition) is 3. The van der Waals surface area contributed by atoms with Crippen LogP contribution in [0.3, 0.4) is 0 Å². The molecule has 0 aliphatic rings. The summed E-state index contributed by atoms with van der Waals surface area (Å²) in [6.07, 6.45) is 0. The van der Waals surface area contributed by atoms with E-state index < -0.39 is 8.07 Å². The number of benzene rings is 10. The predicted octanol–water partition coefficient (Wildman–Crippen LogP) is 13.3. The summed E-state index contributed by atoms with van der Waals surface area (Å²) in [7, 11) is -2.86. The molecule has 0 bridgehead atoms. The van der Waals surface area contributed by atoms with Crippen LogP contribution in [0.1, 0.15) is 0 Å². The van der Waals surface area contributed by atoms with Crippen molar-refractivity contribution in [3.05, 3.63) is 255 Å². The number of rotatable bonds is 8. The van der Waals surface area contributed by atoms with Crippen LogP contribution in [0, 0.1) is 0 Å². The Balaban J connectivity index is 1.04. The third kappa shape index (κ3) is 6.10. The third-order valence-corrected chi connectivity index (χ3v) is 19.1. The van der Waals surface area contributed by atoms with Gasteiger partial charge in [-0.3, -0.25) is 4.57 Å². The van der Waals surface area contributed by atoms with Crippen molar-refractivity contribution in [1.29, 1.82) is 0 Å². The lowest BCUT2D eigenvalue weighted by molar-refractivity contribution is 0.669. The molecule has 0 fully saturated rings. The molecule has 0 atom stereocenters. The molecule has 0 N–H and O–H groups in total. The van der Waals surface area contributed by atoms with Crippen molar-refractivity contribution < 1.29 is 4.42 Å². The van der Waals surface area contributed by atoms with Gasteiger partial charge in [-0.1, -0.05) is 200 Å². The van der Waals surface area contributed by atoms with Crippen molar-refractivity contribution in [2.45, 2.75) is 0 Å². The zero-order chi connectivity index (χ0) is 46.2. The van der Waals surface area contributed by atoms with Crippen molar-refractivity contribution in [3.63, 3.8) is 0 Å². The highest BCUT2D eigenvalue weighted by Crippen LogP contribution is 2.40. The Morgan fingerprint density at radius 2 is 0.843 bits per heavy atom. The van der Waals surface area contributed by atoms with Gasteiger partial charge < -0.3 is 8.98 Å². The SMILES string of the molecule is c1ccc([Si](c2ccccc2)(c2ccccc2)c2cccc(-c3cc(-n4c5ccccc5c5cc(-n6c7ccccc7c7ccccc76)ccc54)nc(-c4cccc5oc6ccccc6c45)n3)c2)cc1. The largest absolute Gasteiger partial charge is 0.456 e. The monoisotopic (exact) mass is 910 g/mol. The first-order valence-electron chi connectivity index (χ1n) is 23.8. The summed E-state index contributed by atoms with van der Waals surface area (Å²) in [6, 6.07) is 92.0. The smallest absolute Gasteiger partial charge is 0.179 e. The average Bonchev–Trinajstić information content (AvgIpc) is 4.10. The van der Waals surface area contributed by atoms with Gasteiger partial charge in [-0.25, -0.2) is 9.97 Å². The van der Waals surface area contributed by atoms with E-state index in [1.807, 2.05) is 24.3 Å². The summed E-state index contributed by atoms with van der Waals surface area (Å²) in [6.45, 7) is 0. The van der Waals surface area contributed by atoms with Crippen LogP contribution in [0.5, 0.6) is 0 Å². The number of aromatic nitrogens is 4. The van der Waals surface area contributed by atoms with E-state index in [0.717, 1.165) is 72.1 Å². The van der Waals surface area contributed by atoms with Gasteiger partial charge >= 0.3 is 0 Å². The first-order chi connectivity index (χ1) is 34.7. The molecule has 14 aromatic rings. The highest BCUT2D eigenvalue weighted by Gasteiger charge is 2.41. The molecule has 0 aliphatic carbocycles. The van der Waals surface area contributed by atoms with Crippen molar-refractivity contribution >= 4 is 94.4 Å². The van der Waals surface area contributed by atoms with E-state index in [1.54, 1.807) is 0 Å². The second-order valence-electron chi connectivity index (χ2n) is 18.1. The predicted molar refractivity (Wildman–Crippen MR) is 292 cm³/mol. The Morgan fingerprint density at radius 1 is 0.343 bits per heavy atom. The Bertz CT molecular complexity index is 4160. The van der Waals surface area contributed by atoms with E-state index in [4.69, 9.17) is 14.4 Å². The Labute approximate surface area is 404 Å². The first-order valence-corrected chi connectivity index (χ1v) is 25.8. The fourth-order valence-electron chi connectivity index (χ4n) is 11.3. The standard InChI is InChI=1S/C64H42N4OSi/c1-4-21-45(22-5-1)70(46-23-6-2-7-24-46,47-25-8-3-9-26-47)48-27-18-20-43(40-48)55-42-62(66-64(65-55)53-32-19-37-61-63(53)52-31-13-17-36-60(52)69-61)68-58-35-16-12-30-51(58)54-41-44(38-39-59(54)68)67-56-33-14-10-28-49(56)50-29-11-15-34-57(50)67/h1-42H. The van der Waals surface area contributed by atoms with E-state index in [9.17, 15) is 0 Å². The molecule has 0 spiro atoms. The van der Waals surface area contributed by atoms with Gasteiger partial charge in [-0.2, -0.15) is 0 Å². The molecule has 0 unspecified atom stereocenters. The summed E-state index contributed by atoms with van der Waals surface area (Å²) in [5.74, 6) is 1.41. The number of para-hydroxylation sites is 4. The summed E-state index contributed by atoms with van der Waals surface area (Å²) >= 11 is 0. The lowest BCUT2D eigenvalue weighted by atomic mass is 10.1. The number of fused-ring (bicyclic) bond motifs is 9. The van der Waals surface area contributed by atoms with Crippen LogP contribution in [0.25, 0.3) is 99.7 Å². The Hall–Kier alpha value is -9.10. The molecule has 4 aromatic heterocycles. The van der Waals surface area contributed by atoms with Crippen molar-refractivity contribution in [3.8, 4) is 34.2 Å². The number of hydrogen-bond donors (Lipinski definition) is 0. The third-order valence-electron chi connectivity index (χ3n) is 14.3. The van der Waals surface area contributed by atoms with Gasteiger partial charge in [0.05, 0.1) is 27.8 Å². The maximum Gasteiger partial charge on any atom is 0.179 e. The minimum atomic E-state index is -2.86.